The molecule has 2 saturated heterocycles. The van der Waals surface area contributed by atoms with Gasteiger partial charge in [-0.25, -0.2) is 9.80 Å². The van der Waals surface area contributed by atoms with E-state index in [-0.39, 0.29) is 18.5 Å². The number of piperidine rings is 1. The maximum Gasteiger partial charge on any atom is 0.343 e. The summed E-state index contributed by atoms with van der Waals surface area (Å²) in [5.74, 6) is -0.909. The SMILES string of the molecule is O=C1CCN(N2C(=O)c3ccc(CN4CCC(c5ccccc5)CC4)cc3C2=O)C(=O)N1. The van der Waals surface area contributed by atoms with Crippen LogP contribution in [-0.4, -0.2) is 58.3 Å². The Morgan fingerprint density at radius 1 is 0.844 bits per heavy atom. The van der Waals surface area contributed by atoms with Crippen molar-refractivity contribution in [3.8, 4) is 0 Å². The van der Waals surface area contributed by atoms with Crippen LogP contribution in [0.3, 0.4) is 0 Å². The molecular weight excluding hydrogens is 408 g/mol. The van der Waals surface area contributed by atoms with Crippen molar-refractivity contribution in [3.63, 3.8) is 0 Å². The number of hydrogen-bond donors (Lipinski definition) is 1. The summed E-state index contributed by atoms with van der Waals surface area (Å²) in [5, 5.41) is 4.01. The van der Waals surface area contributed by atoms with Crippen LogP contribution in [0, 0.1) is 0 Å². The predicted octanol–water partition coefficient (Wildman–Crippen LogP) is 2.52. The summed E-state index contributed by atoms with van der Waals surface area (Å²) in [5.41, 5.74) is 2.93. The summed E-state index contributed by atoms with van der Waals surface area (Å²) in [6.07, 6.45) is 2.22. The van der Waals surface area contributed by atoms with Crippen LogP contribution in [0.5, 0.6) is 0 Å². The quantitative estimate of drug-likeness (QED) is 0.750. The molecule has 0 atom stereocenters. The van der Waals surface area contributed by atoms with E-state index in [1.54, 1.807) is 12.1 Å². The molecule has 0 saturated carbocycles. The number of carbonyl (C=O) groups is 4. The summed E-state index contributed by atoms with van der Waals surface area (Å²) >= 11 is 0. The van der Waals surface area contributed by atoms with Crippen LogP contribution in [0.15, 0.2) is 48.5 Å². The van der Waals surface area contributed by atoms with Gasteiger partial charge in [0.05, 0.1) is 17.7 Å². The van der Waals surface area contributed by atoms with Gasteiger partial charge in [0.2, 0.25) is 5.91 Å². The van der Waals surface area contributed by atoms with Gasteiger partial charge in [-0.15, -0.1) is 0 Å². The first-order chi connectivity index (χ1) is 15.5. The molecular formula is C24H24N4O4. The highest BCUT2D eigenvalue weighted by Gasteiger charge is 2.43. The molecule has 164 valence electrons. The first-order valence-electron chi connectivity index (χ1n) is 10.9. The van der Waals surface area contributed by atoms with E-state index in [0.29, 0.717) is 18.0 Å². The number of nitrogens with zero attached hydrogens (tertiary/aromatic N) is 3. The summed E-state index contributed by atoms with van der Waals surface area (Å²) in [6.45, 7) is 2.64. The molecule has 2 aromatic rings. The Morgan fingerprint density at radius 3 is 2.28 bits per heavy atom. The van der Waals surface area contributed by atoms with E-state index in [1.807, 2.05) is 12.1 Å². The molecule has 3 heterocycles. The van der Waals surface area contributed by atoms with E-state index >= 15 is 0 Å². The number of rotatable bonds is 4. The van der Waals surface area contributed by atoms with Gasteiger partial charge in [0.25, 0.3) is 11.8 Å². The second-order valence-corrected chi connectivity index (χ2v) is 8.49. The minimum absolute atomic E-state index is 0.000644. The lowest BCUT2D eigenvalue weighted by atomic mass is 9.89. The molecule has 3 aliphatic rings. The van der Waals surface area contributed by atoms with Gasteiger partial charge in [0.1, 0.15) is 0 Å². The number of urea groups is 1. The fraction of sp³-hybridized carbons (Fsp3) is 0.333. The predicted molar refractivity (Wildman–Crippen MR) is 115 cm³/mol. The number of hydrazine groups is 1. The minimum Gasteiger partial charge on any atom is -0.299 e. The molecule has 0 spiro atoms. The van der Waals surface area contributed by atoms with Crippen LogP contribution in [0.4, 0.5) is 4.79 Å². The summed E-state index contributed by atoms with van der Waals surface area (Å²) in [7, 11) is 0. The zero-order valence-corrected chi connectivity index (χ0v) is 17.6. The molecule has 2 fully saturated rings. The number of hydrogen-bond acceptors (Lipinski definition) is 5. The Kier molecular flexibility index (Phi) is 5.22. The van der Waals surface area contributed by atoms with Crippen LogP contribution in [-0.2, 0) is 11.3 Å². The van der Waals surface area contributed by atoms with Gasteiger partial charge >= 0.3 is 6.03 Å². The Balaban J connectivity index is 1.26. The van der Waals surface area contributed by atoms with Crippen LogP contribution < -0.4 is 5.32 Å². The summed E-state index contributed by atoms with van der Waals surface area (Å²) in [4.78, 5) is 51.7. The fourth-order valence-corrected chi connectivity index (χ4v) is 4.75. The van der Waals surface area contributed by atoms with Crippen LogP contribution >= 0.6 is 0 Å². The molecule has 2 aromatic carbocycles. The first kappa shape index (κ1) is 20.4. The third-order valence-corrected chi connectivity index (χ3v) is 6.47. The molecule has 3 aliphatic heterocycles. The smallest absolute Gasteiger partial charge is 0.299 e. The van der Waals surface area contributed by atoms with Crippen LogP contribution in [0.1, 0.15) is 57.0 Å². The Bertz CT molecular complexity index is 1090. The Hall–Kier alpha value is -3.52. The molecule has 5 amide bonds. The second-order valence-electron chi connectivity index (χ2n) is 8.49. The molecule has 8 heteroatoms. The third kappa shape index (κ3) is 3.67. The van der Waals surface area contributed by atoms with E-state index in [0.717, 1.165) is 41.5 Å². The largest absolute Gasteiger partial charge is 0.343 e. The second kappa shape index (κ2) is 8.20. The van der Waals surface area contributed by atoms with Crippen LogP contribution in [0.25, 0.3) is 0 Å². The zero-order chi connectivity index (χ0) is 22.2. The van der Waals surface area contributed by atoms with Crippen molar-refractivity contribution in [2.75, 3.05) is 19.6 Å². The van der Waals surface area contributed by atoms with Crippen molar-refractivity contribution in [2.24, 2.45) is 0 Å². The van der Waals surface area contributed by atoms with Crippen molar-refractivity contribution < 1.29 is 19.2 Å². The highest BCUT2D eigenvalue weighted by atomic mass is 16.2. The average Bonchev–Trinajstić information content (AvgIpc) is 3.05. The van der Waals surface area contributed by atoms with E-state index in [4.69, 9.17) is 0 Å². The number of likely N-dealkylation sites (tertiary alicyclic amines) is 1. The molecule has 1 N–H and O–H groups in total. The van der Waals surface area contributed by atoms with E-state index in [9.17, 15) is 19.2 Å². The normalized spacial score (nSPS) is 20.0. The van der Waals surface area contributed by atoms with Gasteiger partial charge in [-0.2, -0.15) is 5.01 Å². The van der Waals surface area contributed by atoms with Gasteiger partial charge in [0.15, 0.2) is 0 Å². The summed E-state index contributed by atoms with van der Waals surface area (Å²) < 4.78 is 0. The monoisotopic (exact) mass is 432 g/mol. The van der Waals surface area contributed by atoms with E-state index in [2.05, 4.69) is 34.5 Å². The van der Waals surface area contributed by atoms with Gasteiger partial charge in [0, 0.05) is 13.0 Å². The lowest BCUT2D eigenvalue weighted by molar-refractivity contribution is -0.122. The highest BCUT2D eigenvalue weighted by molar-refractivity contribution is 6.22. The minimum atomic E-state index is -0.753. The number of imide groups is 2. The molecule has 0 aliphatic carbocycles. The number of carbonyl (C=O) groups excluding carboxylic acids is 4. The lowest BCUT2D eigenvalue weighted by Crippen LogP contribution is -2.58. The maximum atomic E-state index is 13.0. The van der Waals surface area contributed by atoms with Crippen molar-refractivity contribution in [1.29, 1.82) is 0 Å². The van der Waals surface area contributed by atoms with Crippen LogP contribution in [0.2, 0.25) is 0 Å². The third-order valence-electron chi connectivity index (χ3n) is 6.47. The van der Waals surface area contributed by atoms with Crippen molar-refractivity contribution in [3.05, 3.63) is 70.8 Å². The zero-order valence-electron chi connectivity index (χ0n) is 17.6. The average molecular weight is 432 g/mol. The lowest BCUT2D eigenvalue weighted by Gasteiger charge is -2.32. The van der Waals surface area contributed by atoms with Gasteiger partial charge in [-0.1, -0.05) is 36.4 Å². The molecule has 0 aromatic heterocycles. The molecule has 0 unspecified atom stereocenters. The van der Waals surface area contributed by atoms with Crippen molar-refractivity contribution in [1.82, 2.24) is 20.2 Å². The van der Waals surface area contributed by atoms with Gasteiger partial charge in [-0.3, -0.25) is 24.6 Å². The topological polar surface area (TPSA) is 90.0 Å². The first-order valence-corrected chi connectivity index (χ1v) is 10.9. The van der Waals surface area contributed by atoms with Gasteiger partial charge in [-0.05, 0) is 55.1 Å². The molecule has 0 radical (unpaired) electrons. The number of nitrogens with one attached hydrogen (secondary N) is 1. The van der Waals surface area contributed by atoms with Crippen molar-refractivity contribution >= 4 is 23.8 Å². The van der Waals surface area contributed by atoms with Gasteiger partial charge < -0.3 is 0 Å². The number of benzene rings is 2. The van der Waals surface area contributed by atoms with E-state index < -0.39 is 23.8 Å². The molecule has 32 heavy (non-hydrogen) atoms. The maximum absolute atomic E-state index is 13.0. The Labute approximate surface area is 185 Å². The fourth-order valence-electron chi connectivity index (χ4n) is 4.75. The molecule has 0 bridgehead atoms. The molecule has 8 nitrogen and oxygen atoms in total. The highest BCUT2D eigenvalue weighted by Crippen LogP contribution is 2.30. The Morgan fingerprint density at radius 2 is 1.56 bits per heavy atom. The van der Waals surface area contributed by atoms with E-state index in [1.165, 1.54) is 5.56 Å². The van der Waals surface area contributed by atoms with Crippen molar-refractivity contribution in [2.45, 2.75) is 31.7 Å². The standard InChI is InChI=1S/C24H24N4O4/c29-21-10-13-27(24(32)25-21)28-22(30)19-7-6-16(14-20(19)23(28)31)15-26-11-8-18(9-12-26)17-4-2-1-3-5-17/h1-7,14,18H,8-13,15H2,(H,25,29,32). The number of fused-ring (bicyclic) bond motifs is 1. The summed E-state index contributed by atoms with van der Waals surface area (Å²) in [6, 6.07) is 15.1. The molecule has 5 rings (SSSR count). The number of amides is 5.